The number of rotatable bonds is 3. The van der Waals surface area contributed by atoms with Crippen LogP contribution in [-0.4, -0.2) is 44.3 Å². The van der Waals surface area contributed by atoms with Gasteiger partial charge in [-0.2, -0.15) is 23.3 Å². The summed E-state index contributed by atoms with van der Waals surface area (Å²) < 4.78 is 51.5. The van der Waals surface area contributed by atoms with Crippen LogP contribution in [0, 0.1) is 5.92 Å². The number of hydrogen-bond donors (Lipinski definition) is 2. The van der Waals surface area contributed by atoms with Gasteiger partial charge in [-0.05, 0) is 13.0 Å². The molecule has 2 aromatic rings. The van der Waals surface area contributed by atoms with Gasteiger partial charge in [-0.3, -0.25) is 4.79 Å². The minimum absolute atomic E-state index is 0.147. The van der Waals surface area contributed by atoms with Crippen LogP contribution in [0.4, 0.5) is 19.1 Å². The molecule has 2 N–H and O–H groups in total. The number of furan rings is 1. The Morgan fingerprint density at radius 3 is 2.92 bits per heavy atom. The zero-order valence-corrected chi connectivity index (χ0v) is 12.3. The molecule has 1 aliphatic rings. The number of carbonyl (C=O) groups excluding carboxylic acids is 1. The molecule has 3 unspecified atom stereocenters. The summed E-state index contributed by atoms with van der Waals surface area (Å²) in [6, 6.07) is 0.0676. The van der Waals surface area contributed by atoms with E-state index in [-0.39, 0.29) is 18.1 Å². The van der Waals surface area contributed by atoms with Crippen molar-refractivity contribution in [1.82, 2.24) is 14.8 Å². The van der Waals surface area contributed by atoms with Gasteiger partial charge in [0.25, 0.3) is 5.72 Å². The number of alkyl halides is 3. The average molecular weight is 346 g/mol. The standard InChI is InChI=1S/C13H13F3N4O4/c1-2-24-10(21)8-9(7-3-4-23-5-7)20-11(17-6-18-20)19-12(8,22)13(14,15)16/h3-6,8-9,22H,2H2,1H3,(H,17,18,19). The van der Waals surface area contributed by atoms with Gasteiger partial charge in [-0.1, -0.05) is 0 Å². The van der Waals surface area contributed by atoms with Crippen molar-refractivity contribution < 1.29 is 32.2 Å². The average Bonchev–Trinajstić information content (AvgIpc) is 3.15. The predicted molar refractivity (Wildman–Crippen MR) is 71.6 cm³/mol. The molecule has 8 nitrogen and oxygen atoms in total. The van der Waals surface area contributed by atoms with E-state index in [1.165, 1.54) is 25.5 Å². The Labute approximate surface area is 133 Å². The first-order chi connectivity index (χ1) is 11.3. The van der Waals surface area contributed by atoms with Crippen LogP contribution in [0.25, 0.3) is 0 Å². The highest BCUT2D eigenvalue weighted by Gasteiger charge is 2.67. The summed E-state index contributed by atoms with van der Waals surface area (Å²) in [5, 5.41) is 16.1. The highest BCUT2D eigenvalue weighted by atomic mass is 19.4. The molecule has 0 aliphatic carbocycles. The Hall–Kier alpha value is -2.56. The van der Waals surface area contributed by atoms with Gasteiger partial charge in [0.05, 0.1) is 19.1 Å². The fourth-order valence-electron chi connectivity index (χ4n) is 2.72. The molecule has 0 saturated heterocycles. The number of anilines is 1. The summed E-state index contributed by atoms with van der Waals surface area (Å²) in [5.74, 6) is -3.61. The first-order valence-electron chi connectivity index (χ1n) is 6.95. The van der Waals surface area contributed by atoms with Gasteiger partial charge >= 0.3 is 12.1 Å². The van der Waals surface area contributed by atoms with Gasteiger partial charge in [0.2, 0.25) is 5.95 Å². The van der Waals surface area contributed by atoms with Crippen molar-refractivity contribution in [3.8, 4) is 0 Å². The molecule has 0 bridgehead atoms. The molecule has 2 aromatic heterocycles. The molecular weight excluding hydrogens is 333 g/mol. The highest BCUT2D eigenvalue weighted by molar-refractivity contribution is 5.77. The molecule has 0 saturated carbocycles. The maximum atomic E-state index is 13.6. The Morgan fingerprint density at radius 2 is 2.33 bits per heavy atom. The number of nitrogens with zero attached hydrogens (tertiary/aromatic N) is 3. The van der Waals surface area contributed by atoms with E-state index in [9.17, 15) is 23.1 Å². The minimum Gasteiger partial charge on any atom is -0.472 e. The lowest BCUT2D eigenvalue weighted by molar-refractivity contribution is -0.274. The number of ether oxygens (including phenoxy) is 1. The second-order valence-electron chi connectivity index (χ2n) is 5.15. The van der Waals surface area contributed by atoms with E-state index in [2.05, 4.69) is 10.1 Å². The van der Waals surface area contributed by atoms with Crippen molar-refractivity contribution in [1.29, 1.82) is 0 Å². The van der Waals surface area contributed by atoms with Crippen LogP contribution >= 0.6 is 0 Å². The summed E-state index contributed by atoms with van der Waals surface area (Å²) in [7, 11) is 0. The number of halogens is 3. The van der Waals surface area contributed by atoms with E-state index in [1.54, 1.807) is 0 Å². The maximum absolute atomic E-state index is 13.6. The quantitative estimate of drug-likeness (QED) is 0.808. The van der Waals surface area contributed by atoms with E-state index in [0.29, 0.717) is 0 Å². The van der Waals surface area contributed by atoms with Crippen molar-refractivity contribution >= 4 is 11.9 Å². The molecule has 24 heavy (non-hydrogen) atoms. The Kier molecular flexibility index (Phi) is 3.74. The van der Waals surface area contributed by atoms with Crippen LogP contribution in [0.5, 0.6) is 0 Å². The zero-order valence-electron chi connectivity index (χ0n) is 12.3. The lowest BCUT2D eigenvalue weighted by Gasteiger charge is -2.43. The SMILES string of the molecule is CCOC(=O)C1C(c2ccoc2)n2ncnc2NC1(O)C(F)(F)F. The number of esters is 1. The summed E-state index contributed by atoms with van der Waals surface area (Å²) in [5.41, 5.74) is -3.37. The molecular formula is C13H13F3N4O4. The fraction of sp³-hybridized carbons (Fsp3) is 0.462. The number of aromatic nitrogens is 3. The van der Waals surface area contributed by atoms with E-state index in [4.69, 9.17) is 9.15 Å². The number of hydrogen-bond acceptors (Lipinski definition) is 7. The van der Waals surface area contributed by atoms with Crippen molar-refractivity contribution in [2.45, 2.75) is 24.9 Å². The van der Waals surface area contributed by atoms with Crippen molar-refractivity contribution in [2.24, 2.45) is 5.92 Å². The minimum atomic E-state index is -5.18. The van der Waals surface area contributed by atoms with Crippen LogP contribution in [-0.2, 0) is 9.53 Å². The number of aliphatic hydroxyl groups is 1. The van der Waals surface area contributed by atoms with Gasteiger partial charge < -0.3 is 19.6 Å². The summed E-state index contributed by atoms with van der Waals surface area (Å²) >= 11 is 0. The second-order valence-corrected chi connectivity index (χ2v) is 5.15. The Morgan fingerprint density at radius 1 is 1.58 bits per heavy atom. The lowest BCUT2D eigenvalue weighted by Crippen LogP contribution is -2.64. The van der Waals surface area contributed by atoms with Gasteiger partial charge in [0.1, 0.15) is 18.3 Å². The lowest BCUT2D eigenvalue weighted by atomic mass is 9.83. The van der Waals surface area contributed by atoms with Crippen LogP contribution in [0.2, 0.25) is 0 Å². The predicted octanol–water partition coefficient (Wildman–Crippen LogP) is 1.32. The first-order valence-corrected chi connectivity index (χ1v) is 6.95. The topological polar surface area (TPSA) is 102 Å². The summed E-state index contributed by atoms with van der Waals surface area (Å²) in [6.45, 7) is 1.31. The third kappa shape index (κ3) is 2.31. The van der Waals surface area contributed by atoms with Crippen LogP contribution in [0.3, 0.4) is 0 Å². The molecule has 130 valence electrons. The van der Waals surface area contributed by atoms with E-state index >= 15 is 0 Å². The van der Waals surface area contributed by atoms with Gasteiger partial charge in [-0.25, -0.2) is 4.68 Å². The van der Waals surface area contributed by atoms with Crippen molar-refractivity contribution in [3.63, 3.8) is 0 Å². The van der Waals surface area contributed by atoms with Gasteiger partial charge in [0, 0.05) is 5.56 Å². The normalized spacial score (nSPS) is 26.5. The number of carbonyl (C=O) groups is 1. The summed E-state index contributed by atoms with van der Waals surface area (Å²) in [6.07, 6.45) is -1.75. The Balaban J connectivity index is 2.21. The molecule has 11 heteroatoms. The third-order valence-electron chi connectivity index (χ3n) is 3.76. The molecule has 0 amide bonds. The first kappa shape index (κ1) is 16.3. The second kappa shape index (κ2) is 5.51. The molecule has 0 fully saturated rings. The molecule has 0 spiro atoms. The van der Waals surface area contributed by atoms with Crippen LogP contribution < -0.4 is 5.32 Å². The molecule has 3 atom stereocenters. The molecule has 0 aromatic carbocycles. The van der Waals surface area contributed by atoms with E-state index in [0.717, 1.165) is 11.0 Å². The summed E-state index contributed by atoms with van der Waals surface area (Å²) in [4.78, 5) is 15.9. The maximum Gasteiger partial charge on any atom is 0.437 e. The highest BCUT2D eigenvalue weighted by Crippen LogP contribution is 2.47. The van der Waals surface area contributed by atoms with Gasteiger partial charge in [0.15, 0.2) is 0 Å². The number of nitrogens with one attached hydrogen (secondary N) is 1. The van der Waals surface area contributed by atoms with Gasteiger partial charge in [-0.15, -0.1) is 0 Å². The molecule has 3 heterocycles. The van der Waals surface area contributed by atoms with Crippen molar-refractivity contribution in [3.05, 3.63) is 30.5 Å². The monoisotopic (exact) mass is 346 g/mol. The van der Waals surface area contributed by atoms with Crippen LogP contribution in [0.1, 0.15) is 18.5 Å². The molecule has 3 rings (SSSR count). The van der Waals surface area contributed by atoms with E-state index in [1.807, 2.05) is 5.32 Å². The van der Waals surface area contributed by atoms with Crippen LogP contribution in [0.15, 0.2) is 29.3 Å². The Bertz CT molecular complexity index is 730. The third-order valence-corrected chi connectivity index (χ3v) is 3.76. The molecule has 1 aliphatic heterocycles. The number of fused-ring (bicyclic) bond motifs is 1. The fourth-order valence-corrected chi connectivity index (χ4v) is 2.72. The zero-order chi connectivity index (χ0) is 17.5. The van der Waals surface area contributed by atoms with E-state index < -0.39 is 29.8 Å². The molecule has 0 radical (unpaired) electrons. The van der Waals surface area contributed by atoms with Crippen molar-refractivity contribution in [2.75, 3.05) is 11.9 Å². The smallest absolute Gasteiger partial charge is 0.437 e. The largest absolute Gasteiger partial charge is 0.472 e.